The molecule has 1 N–H and O–H groups in total. The minimum Gasteiger partial charge on any atom is -0.331 e. The Balaban J connectivity index is 1.59. The molecule has 0 spiro atoms. The van der Waals surface area contributed by atoms with Crippen LogP contribution in [0.2, 0.25) is 0 Å². The minimum absolute atomic E-state index is 0.0108. The van der Waals surface area contributed by atoms with Crippen LogP contribution in [0.5, 0.6) is 0 Å². The number of hydrogen-bond donors (Lipinski definition) is 1. The van der Waals surface area contributed by atoms with E-state index in [0.29, 0.717) is 12.3 Å². The fraction of sp³-hybridized carbons (Fsp3) is 0.588. The average Bonchev–Trinajstić information content (AvgIpc) is 3.07. The van der Waals surface area contributed by atoms with Crippen molar-refractivity contribution in [3.63, 3.8) is 0 Å². The van der Waals surface area contributed by atoms with Crippen LogP contribution in [-0.2, 0) is 6.42 Å². The van der Waals surface area contributed by atoms with Crippen molar-refractivity contribution in [2.75, 3.05) is 33.7 Å². The highest BCUT2D eigenvalue weighted by Crippen LogP contribution is 2.33. The van der Waals surface area contributed by atoms with Gasteiger partial charge in [0.25, 0.3) is 0 Å². The van der Waals surface area contributed by atoms with Gasteiger partial charge in [0.15, 0.2) is 0 Å². The fourth-order valence-corrected chi connectivity index (χ4v) is 3.68. The number of nitrogens with zero attached hydrogens (tertiary/aromatic N) is 2. The lowest BCUT2D eigenvalue weighted by Crippen LogP contribution is -2.40. The maximum Gasteiger partial charge on any atom is 0.317 e. The number of hydrogen-bond acceptors (Lipinski definition) is 2. The highest BCUT2D eigenvalue weighted by Gasteiger charge is 2.30. The second kappa shape index (κ2) is 6.24. The lowest BCUT2D eigenvalue weighted by atomic mass is 10.1. The van der Waals surface area contributed by atoms with E-state index in [-0.39, 0.29) is 17.9 Å². The first-order chi connectivity index (χ1) is 10.5. The predicted molar refractivity (Wildman–Crippen MR) is 84.2 cm³/mol. The van der Waals surface area contributed by atoms with Crippen molar-refractivity contribution in [2.45, 2.75) is 25.3 Å². The van der Waals surface area contributed by atoms with Gasteiger partial charge < -0.3 is 15.1 Å². The highest BCUT2D eigenvalue weighted by molar-refractivity contribution is 5.75. The molecule has 1 heterocycles. The molecule has 1 aromatic carbocycles. The Bertz CT molecular complexity index is 561. The van der Waals surface area contributed by atoms with Gasteiger partial charge in [-0.3, -0.25) is 0 Å². The number of rotatable bonds is 3. The smallest absolute Gasteiger partial charge is 0.317 e. The molecule has 1 aliphatic heterocycles. The summed E-state index contributed by atoms with van der Waals surface area (Å²) in [6, 6.07) is 5.08. The van der Waals surface area contributed by atoms with E-state index in [4.69, 9.17) is 0 Å². The van der Waals surface area contributed by atoms with Crippen molar-refractivity contribution in [1.82, 2.24) is 15.1 Å². The van der Waals surface area contributed by atoms with Crippen LogP contribution in [0.25, 0.3) is 0 Å². The zero-order valence-electron chi connectivity index (χ0n) is 13.3. The Morgan fingerprint density at radius 3 is 3.00 bits per heavy atom. The maximum atomic E-state index is 13.7. The Kier molecular flexibility index (Phi) is 4.34. The van der Waals surface area contributed by atoms with E-state index in [9.17, 15) is 9.18 Å². The summed E-state index contributed by atoms with van der Waals surface area (Å²) in [5, 5.41) is 3.08. The lowest BCUT2D eigenvalue weighted by molar-refractivity contribution is 0.201. The second-order valence-corrected chi connectivity index (χ2v) is 6.71. The second-order valence-electron chi connectivity index (χ2n) is 6.71. The van der Waals surface area contributed by atoms with Crippen LogP contribution < -0.4 is 5.32 Å². The summed E-state index contributed by atoms with van der Waals surface area (Å²) in [5.74, 6) is 0.399. The minimum atomic E-state index is -0.151. The largest absolute Gasteiger partial charge is 0.331 e. The molecule has 0 bridgehead atoms. The first-order valence-corrected chi connectivity index (χ1v) is 8.02. The number of benzene rings is 1. The monoisotopic (exact) mass is 305 g/mol. The van der Waals surface area contributed by atoms with E-state index in [1.165, 1.54) is 6.07 Å². The molecule has 0 saturated carbocycles. The number of amides is 2. The third-order valence-corrected chi connectivity index (χ3v) is 4.71. The summed E-state index contributed by atoms with van der Waals surface area (Å²) in [4.78, 5) is 16.5. The molecule has 3 rings (SSSR count). The molecule has 0 radical (unpaired) electrons. The summed E-state index contributed by atoms with van der Waals surface area (Å²) >= 11 is 0. The highest BCUT2D eigenvalue weighted by atomic mass is 19.1. The standard InChI is InChI=1S/C17H24FN3O/c1-20(2)10-12-8-9-21(11-12)17(22)19-16-7-6-13-14(16)4-3-5-15(13)18/h3-5,12,16H,6-11H2,1-2H3,(H,19,22)/t12-,16+/m1/s1. The van der Waals surface area contributed by atoms with Crippen molar-refractivity contribution < 1.29 is 9.18 Å². The van der Waals surface area contributed by atoms with Crippen molar-refractivity contribution in [1.29, 1.82) is 0 Å². The molecule has 1 aromatic rings. The number of fused-ring (bicyclic) bond motifs is 1. The van der Waals surface area contributed by atoms with E-state index in [0.717, 1.165) is 43.6 Å². The van der Waals surface area contributed by atoms with Gasteiger partial charge >= 0.3 is 6.03 Å². The summed E-state index contributed by atoms with van der Waals surface area (Å²) in [6.07, 6.45) is 2.55. The third-order valence-electron chi connectivity index (χ3n) is 4.71. The summed E-state index contributed by atoms with van der Waals surface area (Å²) in [6.45, 7) is 2.64. The van der Waals surface area contributed by atoms with E-state index >= 15 is 0 Å². The molecule has 1 saturated heterocycles. The van der Waals surface area contributed by atoms with Gasteiger partial charge in [-0.15, -0.1) is 0 Å². The molecule has 2 aliphatic rings. The number of carbonyl (C=O) groups is 1. The van der Waals surface area contributed by atoms with Crippen LogP contribution >= 0.6 is 0 Å². The summed E-state index contributed by atoms with van der Waals surface area (Å²) < 4.78 is 13.7. The van der Waals surface area contributed by atoms with Crippen LogP contribution in [0.15, 0.2) is 18.2 Å². The zero-order chi connectivity index (χ0) is 15.7. The quantitative estimate of drug-likeness (QED) is 0.931. The van der Waals surface area contributed by atoms with Gasteiger partial charge in [-0.2, -0.15) is 0 Å². The van der Waals surface area contributed by atoms with Gasteiger partial charge in [-0.05, 0) is 56.5 Å². The van der Waals surface area contributed by atoms with Gasteiger partial charge in [0, 0.05) is 19.6 Å². The Hall–Kier alpha value is -1.62. The van der Waals surface area contributed by atoms with Crippen LogP contribution in [0.4, 0.5) is 9.18 Å². The molecule has 1 fully saturated rings. The molecule has 5 heteroatoms. The topological polar surface area (TPSA) is 35.6 Å². The van der Waals surface area contributed by atoms with Crippen LogP contribution in [0, 0.1) is 11.7 Å². The SMILES string of the molecule is CN(C)C[C@H]1CCN(C(=O)N[C@H]2CCc3c(F)cccc32)C1. The molecule has 0 unspecified atom stereocenters. The average molecular weight is 305 g/mol. The zero-order valence-corrected chi connectivity index (χ0v) is 13.3. The van der Waals surface area contributed by atoms with Crippen molar-refractivity contribution in [3.8, 4) is 0 Å². The van der Waals surface area contributed by atoms with E-state index < -0.39 is 0 Å². The lowest BCUT2D eigenvalue weighted by Gasteiger charge is -2.22. The van der Waals surface area contributed by atoms with Gasteiger partial charge in [0.05, 0.1) is 6.04 Å². The maximum absolute atomic E-state index is 13.7. The first-order valence-electron chi connectivity index (χ1n) is 8.02. The van der Waals surface area contributed by atoms with Crippen LogP contribution in [0.3, 0.4) is 0 Å². The Labute approximate surface area is 131 Å². The van der Waals surface area contributed by atoms with Gasteiger partial charge in [0.1, 0.15) is 5.82 Å². The third kappa shape index (κ3) is 3.09. The molecule has 0 aromatic heterocycles. The number of nitrogens with one attached hydrogen (secondary N) is 1. The van der Waals surface area contributed by atoms with E-state index in [2.05, 4.69) is 24.3 Å². The fourth-order valence-electron chi connectivity index (χ4n) is 3.68. The first kappa shape index (κ1) is 15.3. The van der Waals surface area contributed by atoms with Crippen LogP contribution in [-0.4, -0.2) is 49.6 Å². The Morgan fingerprint density at radius 1 is 1.41 bits per heavy atom. The predicted octanol–water partition coefficient (Wildman–Crippen LogP) is 2.41. The number of carbonyl (C=O) groups excluding carboxylic acids is 1. The summed E-state index contributed by atoms with van der Waals surface area (Å²) in [7, 11) is 4.12. The normalized spacial score (nSPS) is 23.9. The molecular formula is C17H24FN3O. The van der Waals surface area contributed by atoms with Crippen molar-refractivity contribution >= 4 is 6.03 Å². The van der Waals surface area contributed by atoms with Gasteiger partial charge in [-0.25, -0.2) is 9.18 Å². The van der Waals surface area contributed by atoms with Crippen molar-refractivity contribution in [2.24, 2.45) is 5.92 Å². The van der Waals surface area contributed by atoms with Crippen LogP contribution in [0.1, 0.15) is 30.0 Å². The molecule has 4 nitrogen and oxygen atoms in total. The summed E-state index contributed by atoms with van der Waals surface area (Å²) in [5.41, 5.74) is 1.71. The number of halogens is 1. The molecule has 22 heavy (non-hydrogen) atoms. The van der Waals surface area contributed by atoms with Gasteiger partial charge in [-0.1, -0.05) is 12.1 Å². The van der Waals surface area contributed by atoms with E-state index in [1.807, 2.05) is 11.0 Å². The molecule has 2 amide bonds. The molecular weight excluding hydrogens is 281 g/mol. The number of urea groups is 1. The van der Waals surface area contributed by atoms with E-state index in [1.54, 1.807) is 6.07 Å². The van der Waals surface area contributed by atoms with Gasteiger partial charge in [0.2, 0.25) is 0 Å². The Morgan fingerprint density at radius 2 is 2.23 bits per heavy atom. The molecule has 120 valence electrons. The van der Waals surface area contributed by atoms with Crippen molar-refractivity contribution in [3.05, 3.63) is 35.1 Å². The molecule has 1 aliphatic carbocycles. The number of likely N-dealkylation sites (tertiary alicyclic amines) is 1. The molecule has 2 atom stereocenters.